The Balaban J connectivity index is 2.41. The van der Waals surface area contributed by atoms with Crippen molar-refractivity contribution >= 4 is 11.9 Å². The van der Waals surface area contributed by atoms with Crippen molar-refractivity contribution in [2.45, 2.75) is 64.3 Å². The Labute approximate surface area is 119 Å². The number of hydrogen-bond donors (Lipinski definition) is 1. The van der Waals surface area contributed by atoms with Crippen molar-refractivity contribution in [1.29, 1.82) is 0 Å². The molecule has 0 saturated carbocycles. The van der Waals surface area contributed by atoms with Crippen LogP contribution in [0, 0.1) is 0 Å². The normalized spacial score (nSPS) is 26.1. The molecule has 3 atom stereocenters. The van der Waals surface area contributed by atoms with E-state index >= 15 is 0 Å². The second-order valence-electron chi connectivity index (χ2n) is 4.90. The van der Waals surface area contributed by atoms with Crippen LogP contribution in [0.15, 0.2) is 0 Å². The highest BCUT2D eigenvalue weighted by Crippen LogP contribution is 2.19. The predicted octanol–water partition coefficient (Wildman–Crippen LogP) is 1.19. The number of ether oxygens (including phenoxy) is 3. The molecule has 0 aromatic heterocycles. The highest BCUT2D eigenvalue weighted by atomic mass is 16.6. The second-order valence-corrected chi connectivity index (χ2v) is 4.90. The van der Waals surface area contributed by atoms with E-state index < -0.39 is 18.3 Å². The first-order valence-corrected chi connectivity index (χ1v) is 7.23. The van der Waals surface area contributed by atoms with Gasteiger partial charge in [0.1, 0.15) is 24.9 Å². The van der Waals surface area contributed by atoms with E-state index in [4.69, 9.17) is 14.2 Å². The first-order chi connectivity index (χ1) is 9.58. The molecule has 0 radical (unpaired) electrons. The highest BCUT2D eigenvalue weighted by molar-refractivity contribution is 5.69. The van der Waals surface area contributed by atoms with Crippen LogP contribution in [0.4, 0.5) is 0 Å². The van der Waals surface area contributed by atoms with Gasteiger partial charge in [-0.05, 0) is 12.8 Å². The molecular formula is C14H24O6. The Morgan fingerprint density at radius 3 is 2.50 bits per heavy atom. The summed E-state index contributed by atoms with van der Waals surface area (Å²) >= 11 is 0. The Hall–Kier alpha value is -1.14. The minimum atomic E-state index is -0.959. The quantitative estimate of drug-likeness (QED) is 0.709. The van der Waals surface area contributed by atoms with Gasteiger partial charge in [0.05, 0.1) is 6.61 Å². The fraction of sp³-hybridized carbons (Fsp3) is 0.857. The van der Waals surface area contributed by atoms with E-state index in [1.807, 2.05) is 13.8 Å². The summed E-state index contributed by atoms with van der Waals surface area (Å²) in [6, 6.07) is 0. The van der Waals surface area contributed by atoms with Crippen LogP contribution in [-0.4, -0.2) is 48.6 Å². The Morgan fingerprint density at radius 2 is 1.85 bits per heavy atom. The summed E-state index contributed by atoms with van der Waals surface area (Å²) in [6.45, 7) is 4.13. The van der Waals surface area contributed by atoms with Crippen molar-refractivity contribution in [3.8, 4) is 0 Å². The number of hydrogen-bond acceptors (Lipinski definition) is 6. The molecule has 0 aromatic rings. The zero-order chi connectivity index (χ0) is 15.0. The molecule has 6 nitrogen and oxygen atoms in total. The summed E-state index contributed by atoms with van der Waals surface area (Å²) in [6.07, 6.45) is 0.370. The highest BCUT2D eigenvalue weighted by Gasteiger charge is 2.35. The largest absolute Gasteiger partial charge is 0.463 e. The average molecular weight is 288 g/mol. The monoisotopic (exact) mass is 288 g/mol. The molecule has 3 unspecified atom stereocenters. The first-order valence-electron chi connectivity index (χ1n) is 7.23. The van der Waals surface area contributed by atoms with Crippen LogP contribution in [0.2, 0.25) is 0 Å². The maximum absolute atomic E-state index is 11.5. The SMILES string of the molecule is CCCC(=O)OCC1OCCC(OC(=O)CCC)C1O. The van der Waals surface area contributed by atoms with Crippen molar-refractivity contribution in [2.75, 3.05) is 13.2 Å². The van der Waals surface area contributed by atoms with Gasteiger partial charge in [-0.3, -0.25) is 9.59 Å². The average Bonchev–Trinajstić information content (AvgIpc) is 2.40. The topological polar surface area (TPSA) is 82.1 Å². The van der Waals surface area contributed by atoms with Crippen LogP contribution < -0.4 is 0 Å². The van der Waals surface area contributed by atoms with Gasteiger partial charge in [0.25, 0.3) is 0 Å². The molecular weight excluding hydrogens is 264 g/mol. The van der Waals surface area contributed by atoms with Gasteiger partial charge < -0.3 is 19.3 Å². The lowest BCUT2D eigenvalue weighted by Crippen LogP contribution is -2.48. The first kappa shape index (κ1) is 16.9. The van der Waals surface area contributed by atoms with Crippen LogP contribution >= 0.6 is 0 Å². The Morgan fingerprint density at radius 1 is 1.20 bits per heavy atom. The van der Waals surface area contributed by atoms with E-state index in [1.165, 1.54) is 0 Å². The molecule has 1 saturated heterocycles. The molecule has 1 fully saturated rings. The van der Waals surface area contributed by atoms with Gasteiger partial charge >= 0.3 is 11.9 Å². The summed E-state index contributed by atoms with van der Waals surface area (Å²) in [4.78, 5) is 22.7. The van der Waals surface area contributed by atoms with E-state index in [2.05, 4.69) is 0 Å². The lowest BCUT2D eigenvalue weighted by molar-refractivity contribution is -0.187. The van der Waals surface area contributed by atoms with Crippen LogP contribution in [0.3, 0.4) is 0 Å². The summed E-state index contributed by atoms with van der Waals surface area (Å²) < 4.78 is 15.6. The summed E-state index contributed by atoms with van der Waals surface area (Å²) in [5.74, 6) is -0.631. The van der Waals surface area contributed by atoms with Gasteiger partial charge in [0, 0.05) is 19.3 Å². The predicted molar refractivity (Wildman–Crippen MR) is 71.0 cm³/mol. The zero-order valence-electron chi connectivity index (χ0n) is 12.2. The van der Waals surface area contributed by atoms with E-state index in [0.717, 1.165) is 0 Å². The molecule has 1 rings (SSSR count). The molecule has 0 bridgehead atoms. The summed E-state index contributed by atoms with van der Waals surface area (Å²) in [7, 11) is 0. The molecule has 1 N–H and O–H groups in total. The van der Waals surface area contributed by atoms with Crippen molar-refractivity contribution in [3.63, 3.8) is 0 Å². The standard InChI is InChI=1S/C14H24O6/c1-3-5-12(15)19-9-11-14(17)10(7-8-18-11)20-13(16)6-4-2/h10-11,14,17H,3-9H2,1-2H3. The minimum Gasteiger partial charge on any atom is -0.463 e. The zero-order valence-corrected chi connectivity index (χ0v) is 12.2. The Bertz CT molecular complexity index is 317. The molecule has 116 valence electrons. The fourth-order valence-electron chi connectivity index (χ4n) is 2.00. The second kappa shape index (κ2) is 8.92. The molecule has 0 amide bonds. The molecule has 1 aliphatic rings. The molecule has 1 heterocycles. The molecule has 1 aliphatic heterocycles. The maximum atomic E-state index is 11.5. The summed E-state index contributed by atoms with van der Waals surface area (Å²) in [5.41, 5.74) is 0. The van der Waals surface area contributed by atoms with Crippen molar-refractivity contribution in [3.05, 3.63) is 0 Å². The third-order valence-electron chi connectivity index (χ3n) is 3.10. The van der Waals surface area contributed by atoms with Gasteiger partial charge in [-0.15, -0.1) is 0 Å². The lowest BCUT2D eigenvalue weighted by atomic mass is 10.0. The number of carbonyl (C=O) groups excluding carboxylic acids is 2. The maximum Gasteiger partial charge on any atom is 0.306 e. The van der Waals surface area contributed by atoms with Crippen LogP contribution in [0.5, 0.6) is 0 Å². The Kier molecular flexibility index (Phi) is 7.54. The van der Waals surface area contributed by atoms with Crippen molar-refractivity contribution in [2.24, 2.45) is 0 Å². The van der Waals surface area contributed by atoms with E-state index in [9.17, 15) is 14.7 Å². The minimum absolute atomic E-state index is 0.0121. The van der Waals surface area contributed by atoms with Gasteiger partial charge in [-0.1, -0.05) is 13.8 Å². The van der Waals surface area contributed by atoms with Gasteiger partial charge in [-0.25, -0.2) is 0 Å². The molecule has 6 heteroatoms. The van der Waals surface area contributed by atoms with E-state index in [0.29, 0.717) is 38.7 Å². The number of aliphatic hydroxyl groups excluding tert-OH is 1. The van der Waals surface area contributed by atoms with Crippen molar-refractivity contribution in [1.82, 2.24) is 0 Å². The number of esters is 2. The fourth-order valence-corrected chi connectivity index (χ4v) is 2.00. The molecule has 0 aliphatic carbocycles. The number of rotatable bonds is 7. The van der Waals surface area contributed by atoms with Crippen molar-refractivity contribution < 1.29 is 28.9 Å². The van der Waals surface area contributed by atoms with E-state index in [1.54, 1.807) is 0 Å². The molecule has 20 heavy (non-hydrogen) atoms. The number of aliphatic hydroxyl groups is 1. The van der Waals surface area contributed by atoms with Gasteiger partial charge in [0.2, 0.25) is 0 Å². The lowest BCUT2D eigenvalue weighted by Gasteiger charge is -2.34. The smallest absolute Gasteiger partial charge is 0.306 e. The molecule has 0 spiro atoms. The van der Waals surface area contributed by atoms with Crippen LogP contribution in [-0.2, 0) is 23.8 Å². The summed E-state index contributed by atoms with van der Waals surface area (Å²) in [5, 5.41) is 10.1. The number of carbonyl (C=O) groups is 2. The third-order valence-corrected chi connectivity index (χ3v) is 3.10. The van der Waals surface area contributed by atoms with Crippen LogP contribution in [0.25, 0.3) is 0 Å². The van der Waals surface area contributed by atoms with Gasteiger partial charge in [0.15, 0.2) is 0 Å². The van der Waals surface area contributed by atoms with Gasteiger partial charge in [-0.2, -0.15) is 0 Å². The van der Waals surface area contributed by atoms with E-state index in [-0.39, 0.29) is 18.5 Å². The molecule has 0 aromatic carbocycles. The third kappa shape index (κ3) is 5.46. The van der Waals surface area contributed by atoms with Crippen LogP contribution in [0.1, 0.15) is 46.0 Å².